The summed E-state index contributed by atoms with van der Waals surface area (Å²) in [5.41, 5.74) is 3.69. The van der Waals surface area contributed by atoms with Crippen LogP contribution < -0.4 is 10.3 Å². The first-order valence-electron chi connectivity index (χ1n) is 8.47. The standard InChI is InChI=1S/C20H12ClN3O3S/c1-10-2-7-14-13(8-10)17(25)15-16(11-3-5-12(21)6-4-11)24(19(26)18(15)27-14)20-23-22-9-28-20/h2-9,16H,1H3. The number of benzene rings is 2. The van der Waals surface area contributed by atoms with Crippen LogP contribution in [-0.4, -0.2) is 16.1 Å². The summed E-state index contributed by atoms with van der Waals surface area (Å²) in [5, 5.41) is 9.30. The Morgan fingerprint density at radius 3 is 2.64 bits per heavy atom. The first kappa shape index (κ1) is 17.1. The van der Waals surface area contributed by atoms with Crippen molar-refractivity contribution in [2.24, 2.45) is 0 Å². The quantitative estimate of drug-likeness (QED) is 0.491. The van der Waals surface area contributed by atoms with E-state index in [1.54, 1.807) is 41.9 Å². The summed E-state index contributed by atoms with van der Waals surface area (Å²) in [7, 11) is 0. The first-order valence-corrected chi connectivity index (χ1v) is 9.73. The van der Waals surface area contributed by atoms with Crippen LogP contribution in [0.5, 0.6) is 0 Å². The van der Waals surface area contributed by atoms with Gasteiger partial charge in [0.2, 0.25) is 10.9 Å². The minimum Gasteiger partial charge on any atom is -0.450 e. The number of hydrogen-bond acceptors (Lipinski definition) is 6. The zero-order valence-corrected chi connectivity index (χ0v) is 16.1. The van der Waals surface area contributed by atoms with Gasteiger partial charge in [-0.2, -0.15) is 0 Å². The third kappa shape index (κ3) is 2.47. The van der Waals surface area contributed by atoms with Gasteiger partial charge in [0.25, 0.3) is 5.91 Å². The highest BCUT2D eigenvalue weighted by Gasteiger charge is 2.44. The molecule has 1 atom stereocenters. The van der Waals surface area contributed by atoms with Gasteiger partial charge in [0.1, 0.15) is 11.1 Å². The lowest BCUT2D eigenvalue weighted by Gasteiger charge is -2.22. The normalized spacial score (nSPS) is 16.0. The molecule has 28 heavy (non-hydrogen) atoms. The average molecular weight is 410 g/mol. The Morgan fingerprint density at radius 2 is 1.93 bits per heavy atom. The van der Waals surface area contributed by atoms with Crippen molar-refractivity contribution in [1.29, 1.82) is 0 Å². The van der Waals surface area contributed by atoms with Crippen molar-refractivity contribution >= 4 is 44.9 Å². The number of carbonyl (C=O) groups is 1. The van der Waals surface area contributed by atoms with E-state index in [1.165, 1.54) is 16.2 Å². The minimum absolute atomic E-state index is 0.0384. The summed E-state index contributed by atoms with van der Waals surface area (Å²) in [6.45, 7) is 1.90. The maximum absolute atomic E-state index is 13.4. The molecule has 0 fully saturated rings. The van der Waals surface area contributed by atoms with Crippen molar-refractivity contribution in [3.63, 3.8) is 0 Å². The lowest BCUT2D eigenvalue weighted by molar-refractivity contribution is 0.0970. The number of rotatable bonds is 2. The fourth-order valence-corrected chi connectivity index (χ4v) is 4.23. The average Bonchev–Trinajstić information content (AvgIpc) is 3.30. The molecule has 1 aliphatic rings. The van der Waals surface area contributed by atoms with E-state index < -0.39 is 11.9 Å². The molecule has 1 amide bonds. The summed E-state index contributed by atoms with van der Waals surface area (Å²) >= 11 is 7.25. The summed E-state index contributed by atoms with van der Waals surface area (Å²) < 4.78 is 5.90. The number of aryl methyl sites for hydroxylation is 1. The van der Waals surface area contributed by atoms with Crippen molar-refractivity contribution in [1.82, 2.24) is 10.2 Å². The van der Waals surface area contributed by atoms with Crippen molar-refractivity contribution in [3.8, 4) is 0 Å². The molecule has 4 aromatic rings. The Morgan fingerprint density at radius 1 is 1.14 bits per heavy atom. The highest BCUT2D eigenvalue weighted by atomic mass is 35.5. The van der Waals surface area contributed by atoms with Crippen molar-refractivity contribution in [2.75, 3.05) is 4.90 Å². The van der Waals surface area contributed by atoms with E-state index in [2.05, 4.69) is 10.2 Å². The molecule has 3 heterocycles. The molecule has 0 saturated carbocycles. The molecule has 6 nitrogen and oxygen atoms in total. The van der Waals surface area contributed by atoms with E-state index in [4.69, 9.17) is 16.0 Å². The van der Waals surface area contributed by atoms with Gasteiger partial charge in [-0.15, -0.1) is 10.2 Å². The van der Waals surface area contributed by atoms with Gasteiger partial charge in [0.05, 0.1) is 17.0 Å². The summed E-state index contributed by atoms with van der Waals surface area (Å²) in [5.74, 6) is -0.372. The summed E-state index contributed by atoms with van der Waals surface area (Å²) in [6.07, 6.45) is 0. The van der Waals surface area contributed by atoms with Crippen LogP contribution in [0.15, 0.2) is 57.2 Å². The Labute approximate surface area is 168 Å². The molecule has 0 aliphatic carbocycles. The Hall–Kier alpha value is -3.03. The number of anilines is 1. The number of nitrogens with zero attached hydrogens (tertiary/aromatic N) is 3. The molecule has 0 radical (unpaired) electrons. The van der Waals surface area contributed by atoms with E-state index in [0.717, 1.165) is 11.1 Å². The van der Waals surface area contributed by atoms with Crippen LogP contribution in [0.2, 0.25) is 5.02 Å². The Kier molecular flexibility index (Phi) is 3.82. The first-order chi connectivity index (χ1) is 13.5. The van der Waals surface area contributed by atoms with Crippen LogP contribution >= 0.6 is 22.9 Å². The van der Waals surface area contributed by atoms with Crippen LogP contribution in [0.1, 0.15) is 33.3 Å². The molecule has 2 aromatic carbocycles. The van der Waals surface area contributed by atoms with Crippen molar-refractivity contribution in [3.05, 3.63) is 85.7 Å². The summed E-state index contributed by atoms with van der Waals surface area (Å²) in [6, 6.07) is 11.7. The molecule has 138 valence electrons. The van der Waals surface area contributed by atoms with Crippen LogP contribution in [0.25, 0.3) is 11.0 Å². The number of halogens is 1. The van der Waals surface area contributed by atoms with E-state index in [9.17, 15) is 9.59 Å². The second-order valence-corrected chi connectivity index (χ2v) is 7.77. The predicted octanol–water partition coefficient (Wildman–Crippen LogP) is 4.36. The molecule has 0 bridgehead atoms. The maximum Gasteiger partial charge on any atom is 0.297 e. The lowest BCUT2D eigenvalue weighted by Crippen LogP contribution is -2.29. The Balaban J connectivity index is 1.83. The van der Waals surface area contributed by atoms with Crippen LogP contribution in [-0.2, 0) is 0 Å². The zero-order valence-electron chi connectivity index (χ0n) is 14.5. The van der Waals surface area contributed by atoms with Gasteiger partial charge < -0.3 is 4.42 Å². The number of carbonyl (C=O) groups excluding carboxylic acids is 1. The minimum atomic E-state index is -0.658. The molecular formula is C20H12ClN3O3S. The molecule has 0 spiro atoms. The molecule has 2 aromatic heterocycles. The molecular weight excluding hydrogens is 398 g/mol. The lowest BCUT2D eigenvalue weighted by atomic mass is 9.98. The molecule has 1 unspecified atom stereocenters. The number of hydrogen-bond donors (Lipinski definition) is 0. The fourth-order valence-electron chi connectivity index (χ4n) is 3.52. The van der Waals surface area contributed by atoms with Gasteiger partial charge in [0.15, 0.2) is 5.43 Å². The number of fused-ring (bicyclic) bond motifs is 2. The van der Waals surface area contributed by atoms with Gasteiger partial charge in [-0.3, -0.25) is 14.5 Å². The highest BCUT2D eigenvalue weighted by molar-refractivity contribution is 7.13. The van der Waals surface area contributed by atoms with Gasteiger partial charge >= 0.3 is 0 Å². The zero-order chi connectivity index (χ0) is 19.4. The number of aromatic nitrogens is 2. The largest absolute Gasteiger partial charge is 0.450 e. The Bertz CT molecular complexity index is 1280. The molecule has 8 heteroatoms. The van der Waals surface area contributed by atoms with Gasteiger partial charge in [-0.05, 0) is 36.8 Å². The van der Waals surface area contributed by atoms with Crippen LogP contribution in [0, 0.1) is 6.92 Å². The smallest absolute Gasteiger partial charge is 0.297 e. The summed E-state index contributed by atoms with van der Waals surface area (Å²) in [4.78, 5) is 28.1. The molecule has 5 rings (SSSR count). The van der Waals surface area contributed by atoms with E-state index in [1.807, 2.05) is 13.0 Å². The van der Waals surface area contributed by atoms with Gasteiger partial charge in [-0.25, -0.2) is 0 Å². The van der Waals surface area contributed by atoms with Crippen LogP contribution in [0.3, 0.4) is 0 Å². The van der Waals surface area contributed by atoms with Crippen molar-refractivity contribution in [2.45, 2.75) is 13.0 Å². The van der Waals surface area contributed by atoms with Crippen LogP contribution in [0.4, 0.5) is 5.13 Å². The maximum atomic E-state index is 13.4. The fraction of sp³-hybridized carbons (Fsp3) is 0.100. The van der Waals surface area contributed by atoms with E-state index in [-0.39, 0.29) is 11.2 Å². The molecule has 1 aliphatic heterocycles. The van der Waals surface area contributed by atoms with Gasteiger partial charge in [-0.1, -0.05) is 46.7 Å². The second-order valence-electron chi connectivity index (χ2n) is 6.52. The van der Waals surface area contributed by atoms with Gasteiger partial charge in [0, 0.05) is 5.02 Å². The highest BCUT2D eigenvalue weighted by Crippen LogP contribution is 2.41. The predicted molar refractivity (Wildman–Crippen MR) is 107 cm³/mol. The second kappa shape index (κ2) is 6.25. The SMILES string of the molecule is Cc1ccc2oc3c(c(=O)c2c1)C(c1ccc(Cl)cc1)N(c1nncs1)C3=O. The third-order valence-electron chi connectivity index (χ3n) is 4.77. The molecule has 0 N–H and O–H groups in total. The number of amides is 1. The topological polar surface area (TPSA) is 76.3 Å². The van der Waals surface area contributed by atoms with E-state index >= 15 is 0 Å². The van der Waals surface area contributed by atoms with Crippen molar-refractivity contribution < 1.29 is 9.21 Å². The monoisotopic (exact) mass is 409 g/mol. The third-order valence-corrected chi connectivity index (χ3v) is 5.71. The molecule has 0 saturated heterocycles. The van der Waals surface area contributed by atoms with E-state index in [0.29, 0.717) is 26.7 Å².